The first-order chi connectivity index (χ1) is 6.77. The molecule has 4 heteroatoms. The van der Waals surface area contributed by atoms with Crippen LogP contribution in [0.15, 0.2) is 17.1 Å². The number of alkyl halides is 3. The maximum atomic E-state index is 12.3. The lowest BCUT2D eigenvalue weighted by molar-refractivity contribution is -0.158. The molecule has 0 amide bonds. The van der Waals surface area contributed by atoms with Gasteiger partial charge in [0, 0.05) is 11.1 Å². The van der Waals surface area contributed by atoms with Gasteiger partial charge in [-0.1, -0.05) is 26.8 Å². The number of rotatable bonds is 2. The zero-order valence-electron chi connectivity index (χ0n) is 9.23. The lowest BCUT2D eigenvalue weighted by atomic mass is 9.83. The van der Waals surface area contributed by atoms with E-state index >= 15 is 0 Å². The van der Waals surface area contributed by atoms with Gasteiger partial charge >= 0.3 is 6.18 Å². The van der Waals surface area contributed by atoms with Crippen molar-refractivity contribution in [2.75, 3.05) is 6.54 Å². The molecule has 1 atom stereocenters. The summed E-state index contributed by atoms with van der Waals surface area (Å²) in [6.07, 6.45) is -0.556. The highest BCUT2D eigenvalue weighted by molar-refractivity contribution is 5.99. The van der Waals surface area contributed by atoms with Gasteiger partial charge in [-0.05, 0) is 12.5 Å². The number of dihydropyridines is 1. The van der Waals surface area contributed by atoms with Crippen molar-refractivity contribution in [2.45, 2.75) is 33.4 Å². The molecule has 0 aromatic rings. The highest BCUT2D eigenvalue weighted by atomic mass is 19.4. The molecule has 1 heterocycles. The molecule has 0 aromatic carbocycles. The molecule has 0 saturated carbocycles. The van der Waals surface area contributed by atoms with E-state index < -0.39 is 12.1 Å². The maximum Gasteiger partial charge on any atom is 0.396 e. The second-order valence-electron chi connectivity index (χ2n) is 4.47. The molecule has 0 spiro atoms. The van der Waals surface area contributed by atoms with Gasteiger partial charge in [0.05, 0.1) is 12.5 Å². The number of halogens is 3. The zero-order chi connectivity index (χ0) is 11.7. The molecule has 0 fully saturated rings. The van der Waals surface area contributed by atoms with Gasteiger partial charge in [-0.15, -0.1) is 0 Å². The third-order valence-corrected chi connectivity index (χ3v) is 2.94. The Morgan fingerprint density at radius 2 is 2.00 bits per heavy atom. The van der Waals surface area contributed by atoms with Crippen LogP contribution in [0.1, 0.15) is 27.2 Å². The number of hydrogen-bond acceptors (Lipinski definition) is 1. The highest BCUT2D eigenvalue weighted by Crippen LogP contribution is 2.32. The van der Waals surface area contributed by atoms with Gasteiger partial charge in [-0.3, -0.25) is 4.99 Å². The van der Waals surface area contributed by atoms with Gasteiger partial charge in [-0.2, -0.15) is 13.2 Å². The molecule has 1 aliphatic rings. The Hall–Kier alpha value is -0.800. The summed E-state index contributed by atoms with van der Waals surface area (Å²) in [5.74, 6) is -1.41. The number of hydrogen-bond donors (Lipinski definition) is 0. The summed E-state index contributed by atoms with van der Waals surface area (Å²) >= 11 is 0. The quantitative estimate of drug-likeness (QED) is 0.672. The summed E-state index contributed by atoms with van der Waals surface area (Å²) in [7, 11) is 0. The molecular weight excluding hydrogens is 203 g/mol. The van der Waals surface area contributed by atoms with Gasteiger partial charge < -0.3 is 0 Å². The fraction of sp³-hybridized carbons (Fsp3) is 0.727. The summed E-state index contributed by atoms with van der Waals surface area (Å²) in [6.45, 7) is 5.82. The third kappa shape index (κ3) is 2.83. The first kappa shape index (κ1) is 12.3. The number of nitrogens with zero attached hydrogens (tertiary/aromatic N) is 1. The monoisotopic (exact) mass is 219 g/mol. The summed E-state index contributed by atoms with van der Waals surface area (Å²) < 4.78 is 37.0. The van der Waals surface area contributed by atoms with Crippen LogP contribution >= 0.6 is 0 Å². The minimum atomic E-state index is -4.16. The zero-order valence-corrected chi connectivity index (χ0v) is 9.23. The van der Waals surface area contributed by atoms with E-state index in [-0.39, 0.29) is 12.0 Å². The fourth-order valence-corrected chi connectivity index (χ4v) is 1.35. The molecule has 0 aliphatic carbocycles. The molecule has 0 saturated heterocycles. The molecule has 0 bridgehead atoms. The molecule has 0 N–H and O–H groups in total. The van der Waals surface area contributed by atoms with E-state index in [0.717, 1.165) is 12.1 Å². The van der Waals surface area contributed by atoms with Crippen LogP contribution in [0.4, 0.5) is 13.2 Å². The van der Waals surface area contributed by atoms with Crippen LogP contribution in [0.5, 0.6) is 0 Å². The predicted octanol–water partition coefficient (Wildman–Crippen LogP) is 3.61. The van der Waals surface area contributed by atoms with Crippen LogP contribution in [0.3, 0.4) is 0 Å². The van der Waals surface area contributed by atoms with Crippen LogP contribution in [-0.2, 0) is 0 Å². The van der Waals surface area contributed by atoms with Crippen molar-refractivity contribution in [3.63, 3.8) is 0 Å². The molecule has 1 nitrogen and oxygen atoms in total. The molecule has 15 heavy (non-hydrogen) atoms. The van der Waals surface area contributed by atoms with Gasteiger partial charge in [-0.25, -0.2) is 0 Å². The standard InChI is InChI=1S/C11H16F3N/c1-4-10(2,3)9-6-5-8(7-15-9)11(12,13)14/h5-6,8H,4,7H2,1-3H3. The van der Waals surface area contributed by atoms with Gasteiger partial charge in [0.25, 0.3) is 0 Å². The van der Waals surface area contributed by atoms with E-state index in [2.05, 4.69) is 4.99 Å². The van der Waals surface area contributed by atoms with Gasteiger partial charge in [0.1, 0.15) is 0 Å². The van der Waals surface area contributed by atoms with Crippen LogP contribution < -0.4 is 0 Å². The lowest BCUT2D eigenvalue weighted by Gasteiger charge is -2.27. The summed E-state index contributed by atoms with van der Waals surface area (Å²) in [5.41, 5.74) is 0.637. The molecule has 0 aromatic heterocycles. The van der Waals surface area contributed by atoms with Crippen molar-refractivity contribution in [1.82, 2.24) is 0 Å². The average Bonchev–Trinajstić information content (AvgIpc) is 2.17. The van der Waals surface area contributed by atoms with E-state index in [4.69, 9.17) is 0 Å². The van der Waals surface area contributed by atoms with Gasteiger partial charge in [0.2, 0.25) is 0 Å². The summed E-state index contributed by atoms with van der Waals surface area (Å²) in [5, 5.41) is 0. The van der Waals surface area contributed by atoms with Crippen molar-refractivity contribution in [1.29, 1.82) is 0 Å². The smallest absolute Gasteiger partial charge is 0.288 e. The first-order valence-electron chi connectivity index (χ1n) is 5.07. The molecule has 86 valence electrons. The largest absolute Gasteiger partial charge is 0.396 e. The summed E-state index contributed by atoms with van der Waals surface area (Å²) in [6, 6.07) is 0. The van der Waals surface area contributed by atoms with Crippen LogP contribution in [0.25, 0.3) is 0 Å². The Morgan fingerprint density at radius 3 is 2.33 bits per heavy atom. The second-order valence-corrected chi connectivity index (χ2v) is 4.47. The highest BCUT2D eigenvalue weighted by Gasteiger charge is 2.39. The topological polar surface area (TPSA) is 12.4 Å². The fourth-order valence-electron chi connectivity index (χ4n) is 1.35. The van der Waals surface area contributed by atoms with Crippen LogP contribution in [-0.4, -0.2) is 18.4 Å². The van der Waals surface area contributed by atoms with E-state index in [9.17, 15) is 13.2 Å². The van der Waals surface area contributed by atoms with E-state index in [1.54, 1.807) is 0 Å². The van der Waals surface area contributed by atoms with Crippen molar-refractivity contribution < 1.29 is 13.2 Å². The van der Waals surface area contributed by atoms with Crippen molar-refractivity contribution in [3.05, 3.63) is 12.2 Å². The minimum Gasteiger partial charge on any atom is -0.288 e. The van der Waals surface area contributed by atoms with E-state index in [1.807, 2.05) is 20.8 Å². The molecular formula is C11H16F3N. The summed E-state index contributed by atoms with van der Waals surface area (Å²) in [4.78, 5) is 4.03. The average molecular weight is 219 g/mol. The molecule has 1 unspecified atom stereocenters. The third-order valence-electron chi connectivity index (χ3n) is 2.94. The maximum absolute atomic E-state index is 12.3. The number of allylic oxidation sites excluding steroid dienone is 1. The Morgan fingerprint density at radius 1 is 1.40 bits per heavy atom. The van der Waals surface area contributed by atoms with Crippen molar-refractivity contribution in [2.24, 2.45) is 16.3 Å². The molecule has 1 aliphatic heterocycles. The number of aliphatic imine (C=N–C) groups is 1. The minimum absolute atomic E-state index is 0.132. The molecule has 1 rings (SSSR count). The predicted molar refractivity (Wildman–Crippen MR) is 55.1 cm³/mol. The normalized spacial score (nSPS) is 22.8. The lowest BCUT2D eigenvalue weighted by Crippen LogP contribution is -2.30. The van der Waals surface area contributed by atoms with Crippen molar-refractivity contribution >= 4 is 5.71 Å². The van der Waals surface area contributed by atoms with E-state index in [1.165, 1.54) is 12.2 Å². The van der Waals surface area contributed by atoms with Crippen LogP contribution in [0, 0.1) is 11.3 Å². The Labute approximate surface area is 88.1 Å². The van der Waals surface area contributed by atoms with E-state index in [0.29, 0.717) is 0 Å². The van der Waals surface area contributed by atoms with Crippen LogP contribution in [0.2, 0.25) is 0 Å². The first-order valence-corrected chi connectivity index (χ1v) is 5.07. The Bertz CT molecular complexity index is 287. The van der Waals surface area contributed by atoms with Crippen molar-refractivity contribution in [3.8, 4) is 0 Å². The molecule has 0 radical (unpaired) electrons. The Balaban J connectivity index is 2.74. The Kier molecular flexibility index (Phi) is 3.26. The SMILES string of the molecule is CCC(C)(C)C1=NCC(C(F)(F)F)C=C1. The van der Waals surface area contributed by atoms with Gasteiger partial charge in [0.15, 0.2) is 0 Å². The second kappa shape index (κ2) is 3.99.